The second-order valence-corrected chi connectivity index (χ2v) is 4.55. The lowest BCUT2D eigenvalue weighted by molar-refractivity contribution is -0.137. The van der Waals surface area contributed by atoms with Crippen LogP contribution in [0.1, 0.15) is 35.4 Å². The van der Waals surface area contributed by atoms with Crippen molar-refractivity contribution in [2.45, 2.75) is 31.6 Å². The molecular formula is C13H14O3. The van der Waals surface area contributed by atoms with Gasteiger partial charge in [0.1, 0.15) is 5.75 Å². The van der Waals surface area contributed by atoms with Gasteiger partial charge in [-0.1, -0.05) is 6.07 Å². The quantitative estimate of drug-likeness (QED) is 0.827. The predicted molar refractivity (Wildman–Crippen MR) is 59.0 cm³/mol. The number of carbonyl (C=O) groups is 1. The van der Waals surface area contributed by atoms with E-state index in [1.807, 2.05) is 6.07 Å². The Balaban J connectivity index is 2.03. The summed E-state index contributed by atoms with van der Waals surface area (Å²) in [4.78, 5) is 10.8. The molecule has 3 rings (SSSR count). The molecule has 1 N–H and O–H groups in total. The molecular weight excluding hydrogens is 204 g/mol. The third kappa shape index (κ3) is 1.39. The number of carboxylic acids is 1. The molecule has 0 bridgehead atoms. The highest BCUT2D eigenvalue weighted by molar-refractivity contribution is 5.69. The zero-order chi connectivity index (χ0) is 11.1. The Morgan fingerprint density at radius 2 is 2.31 bits per heavy atom. The fraction of sp³-hybridized carbons (Fsp3) is 0.462. The fourth-order valence-corrected chi connectivity index (χ4v) is 2.96. The molecule has 3 nitrogen and oxygen atoms in total. The molecule has 0 unspecified atom stereocenters. The van der Waals surface area contributed by atoms with E-state index >= 15 is 0 Å². The molecule has 2 aliphatic rings. The SMILES string of the molecule is O=C(O)C[C@H]1CCc2ccc3c(c21)CCO3. The summed E-state index contributed by atoms with van der Waals surface area (Å²) in [6, 6.07) is 4.13. The number of ether oxygens (including phenoxy) is 1. The highest BCUT2D eigenvalue weighted by Crippen LogP contribution is 2.43. The average Bonchev–Trinajstić information content (AvgIpc) is 2.82. The molecule has 0 saturated carbocycles. The first-order valence-corrected chi connectivity index (χ1v) is 5.75. The van der Waals surface area contributed by atoms with Gasteiger partial charge in [-0.15, -0.1) is 0 Å². The Morgan fingerprint density at radius 1 is 1.44 bits per heavy atom. The van der Waals surface area contributed by atoms with E-state index in [4.69, 9.17) is 9.84 Å². The minimum atomic E-state index is -0.700. The van der Waals surface area contributed by atoms with E-state index < -0.39 is 5.97 Å². The van der Waals surface area contributed by atoms with E-state index in [1.165, 1.54) is 16.7 Å². The van der Waals surface area contributed by atoms with E-state index in [9.17, 15) is 4.79 Å². The lowest BCUT2D eigenvalue weighted by atomic mass is 9.92. The molecule has 1 aliphatic heterocycles. The van der Waals surface area contributed by atoms with Crippen molar-refractivity contribution in [1.29, 1.82) is 0 Å². The zero-order valence-corrected chi connectivity index (χ0v) is 9.03. The number of aliphatic carboxylic acids is 1. The van der Waals surface area contributed by atoms with Gasteiger partial charge in [0, 0.05) is 12.0 Å². The number of benzene rings is 1. The Labute approximate surface area is 94.0 Å². The highest BCUT2D eigenvalue weighted by Gasteiger charge is 2.30. The van der Waals surface area contributed by atoms with Crippen molar-refractivity contribution < 1.29 is 14.6 Å². The fourth-order valence-electron chi connectivity index (χ4n) is 2.96. The average molecular weight is 218 g/mol. The van der Waals surface area contributed by atoms with Crippen LogP contribution in [0.2, 0.25) is 0 Å². The molecule has 0 saturated heterocycles. The number of carboxylic acid groups (broad SMARTS) is 1. The maximum Gasteiger partial charge on any atom is 0.303 e. The normalized spacial score (nSPS) is 21.4. The largest absolute Gasteiger partial charge is 0.493 e. The van der Waals surface area contributed by atoms with Crippen molar-refractivity contribution in [3.8, 4) is 5.75 Å². The predicted octanol–water partition coefficient (Wildman–Crippen LogP) is 2.13. The van der Waals surface area contributed by atoms with Crippen molar-refractivity contribution in [3.63, 3.8) is 0 Å². The van der Waals surface area contributed by atoms with Crippen molar-refractivity contribution in [3.05, 3.63) is 28.8 Å². The molecule has 0 fully saturated rings. The van der Waals surface area contributed by atoms with E-state index in [-0.39, 0.29) is 12.3 Å². The smallest absolute Gasteiger partial charge is 0.303 e. The molecule has 3 heteroatoms. The van der Waals surface area contributed by atoms with Gasteiger partial charge in [0.25, 0.3) is 0 Å². The molecule has 0 radical (unpaired) electrons. The summed E-state index contributed by atoms with van der Waals surface area (Å²) >= 11 is 0. The van der Waals surface area contributed by atoms with E-state index in [0.717, 1.165) is 31.6 Å². The van der Waals surface area contributed by atoms with Crippen molar-refractivity contribution in [2.24, 2.45) is 0 Å². The Bertz CT molecular complexity index is 451. The van der Waals surface area contributed by atoms with Crippen LogP contribution in [0.25, 0.3) is 0 Å². The molecule has 84 valence electrons. The minimum absolute atomic E-state index is 0.198. The zero-order valence-electron chi connectivity index (χ0n) is 9.03. The first-order valence-electron chi connectivity index (χ1n) is 5.75. The number of hydrogen-bond acceptors (Lipinski definition) is 2. The molecule has 1 aromatic rings. The van der Waals surface area contributed by atoms with Crippen LogP contribution in [-0.4, -0.2) is 17.7 Å². The molecule has 1 atom stereocenters. The highest BCUT2D eigenvalue weighted by atomic mass is 16.5. The molecule has 1 aliphatic carbocycles. The molecule has 1 heterocycles. The lowest BCUT2D eigenvalue weighted by Crippen LogP contribution is -2.05. The van der Waals surface area contributed by atoms with Gasteiger partial charge in [0.2, 0.25) is 0 Å². The maximum absolute atomic E-state index is 10.8. The molecule has 1 aromatic carbocycles. The van der Waals surface area contributed by atoms with Crippen molar-refractivity contribution in [1.82, 2.24) is 0 Å². The van der Waals surface area contributed by atoms with E-state index in [2.05, 4.69) is 6.07 Å². The van der Waals surface area contributed by atoms with Gasteiger partial charge in [-0.2, -0.15) is 0 Å². The van der Waals surface area contributed by atoms with Crippen LogP contribution >= 0.6 is 0 Å². The van der Waals surface area contributed by atoms with Crippen LogP contribution in [-0.2, 0) is 17.6 Å². The standard InChI is InChI=1S/C13H14O3/c14-12(15)7-9-2-1-8-3-4-11-10(13(8)9)5-6-16-11/h3-4,9H,1-2,5-7H2,(H,14,15)/t9-/m1/s1. The number of aryl methyl sites for hydroxylation is 1. The molecule has 0 spiro atoms. The third-order valence-corrected chi connectivity index (χ3v) is 3.61. The topological polar surface area (TPSA) is 46.5 Å². The summed E-state index contributed by atoms with van der Waals surface area (Å²) in [6.07, 6.45) is 3.18. The van der Waals surface area contributed by atoms with E-state index in [0.29, 0.717) is 0 Å². The second kappa shape index (κ2) is 3.51. The van der Waals surface area contributed by atoms with Gasteiger partial charge in [-0.25, -0.2) is 0 Å². The summed E-state index contributed by atoms with van der Waals surface area (Å²) in [5.41, 5.74) is 3.87. The van der Waals surface area contributed by atoms with Crippen LogP contribution in [0.3, 0.4) is 0 Å². The summed E-state index contributed by atoms with van der Waals surface area (Å²) in [6.45, 7) is 0.742. The van der Waals surface area contributed by atoms with Crippen molar-refractivity contribution >= 4 is 5.97 Å². The van der Waals surface area contributed by atoms with Gasteiger partial charge in [0.05, 0.1) is 13.0 Å². The van der Waals surface area contributed by atoms with Crippen LogP contribution in [0.15, 0.2) is 12.1 Å². The Morgan fingerprint density at radius 3 is 3.12 bits per heavy atom. The number of fused-ring (bicyclic) bond motifs is 3. The number of hydrogen-bond donors (Lipinski definition) is 1. The van der Waals surface area contributed by atoms with Gasteiger partial charge in [-0.3, -0.25) is 4.79 Å². The molecule has 16 heavy (non-hydrogen) atoms. The van der Waals surface area contributed by atoms with Gasteiger partial charge in [-0.05, 0) is 36.0 Å². The summed E-state index contributed by atoms with van der Waals surface area (Å²) in [5, 5.41) is 8.92. The Hall–Kier alpha value is -1.51. The monoisotopic (exact) mass is 218 g/mol. The summed E-state index contributed by atoms with van der Waals surface area (Å²) < 4.78 is 5.53. The third-order valence-electron chi connectivity index (χ3n) is 3.61. The van der Waals surface area contributed by atoms with Gasteiger partial charge in [0.15, 0.2) is 0 Å². The summed E-state index contributed by atoms with van der Waals surface area (Å²) in [7, 11) is 0. The first kappa shape index (κ1) is 9.70. The van der Waals surface area contributed by atoms with Gasteiger partial charge >= 0.3 is 5.97 Å². The Kier molecular flexibility index (Phi) is 2.13. The van der Waals surface area contributed by atoms with Crippen LogP contribution in [0.5, 0.6) is 5.75 Å². The van der Waals surface area contributed by atoms with Crippen LogP contribution in [0, 0.1) is 0 Å². The van der Waals surface area contributed by atoms with Crippen LogP contribution in [0.4, 0.5) is 0 Å². The number of rotatable bonds is 2. The minimum Gasteiger partial charge on any atom is -0.493 e. The van der Waals surface area contributed by atoms with Crippen LogP contribution < -0.4 is 4.74 Å². The van der Waals surface area contributed by atoms with E-state index in [1.54, 1.807) is 0 Å². The molecule has 0 aromatic heterocycles. The van der Waals surface area contributed by atoms with Crippen molar-refractivity contribution in [2.75, 3.05) is 6.61 Å². The maximum atomic E-state index is 10.8. The molecule has 0 amide bonds. The lowest BCUT2D eigenvalue weighted by Gasteiger charge is -2.12. The van der Waals surface area contributed by atoms with Gasteiger partial charge < -0.3 is 9.84 Å². The summed E-state index contributed by atoms with van der Waals surface area (Å²) in [5.74, 6) is 0.467. The second-order valence-electron chi connectivity index (χ2n) is 4.55. The first-order chi connectivity index (χ1) is 7.75.